The highest BCUT2D eigenvalue weighted by Crippen LogP contribution is 2.31. The van der Waals surface area contributed by atoms with Crippen LogP contribution in [0.3, 0.4) is 0 Å². The minimum Gasteiger partial charge on any atom is -0.355 e. The van der Waals surface area contributed by atoms with Gasteiger partial charge < -0.3 is 11.1 Å². The highest BCUT2D eigenvalue weighted by molar-refractivity contribution is 7.16. The van der Waals surface area contributed by atoms with Crippen LogP contribution in [0, 0.1) is 5.92 Å². The summed E-state index contributed by atoms with van der Waals surface area (Å²) in [6.45, 7) is 0.606. The topological polar surface area (TPSA) is 55.1 Å². The van der Waals surface area contributed by atoms with E-state index in [-0.39, 0.29) is 11.9 Å². The van der Waals surface area contributed by atoms with Crippen molar-refractivity contribution in [3.63, 3.8) is 0 Å². The van der Waals surface area contributed by atoms with Gasteiger partial charge in [-0.3, -0.25) is 4.79 Å². The maximum Gasteiger partial charge on any atom is 0.220 e. The fourth-order valence-corrected chi connectivity index (χ4v) is 2.82. The summed E-state index contributed by atoms with van der Waals surface area (Å²) in [7, 11) is 0. The first-order chi connectivity index (χ1) is 8.15. The van der Waals surface area contributed by atoms with Crippen LogP contribution in [0.2, 0.25) is 4.34 Å². The largest absolute Gasteiger partial charge is 0.355 e. The van der Waals surface area contributed by atoms with Gasteiger partial charge in [-0.25, -0.2) is 0 Å². The Morgan fingerprint density at radius 1 is 1.59 bits per heavy atom. The number of carbonyl (C=O) groups is 1. The van der Waals surface area contributed by atoms with Crippen LogP contribution in [0.15, 0.2) is 12.1 Å². The molecule has 17 heavy (non-hydrogen) atoms. The van der Waals surface area contributed by atoms with Gasteiger partial charge in [-0.05, 0) is 37.3 Å². The highest BCUT2D eigenvalue weighted by atomic mass is 35.5. The first-order valence-electron chi connectivity index (χ1n) is 5.91. The van der Waals surface area contributed by atoms with Crippen LogP contribution in [-0.2, 0) is 11.2 Å². The van der Waals surface area contributed by atoms with Crippen LogP contribution in [0.5, 0.6) is 0 Å². The molecule has 94 valence electrons. The van der Waals surface area contributed by atoms with E-state index in [9.17, 15) is 4.79 Å². The second-order valence-corrected chi connectivity index (χ2v) is 6.31. The first kappa shape index (κ1) is 12.9. The van der Waals surface area contributed by atoms with E-state index in [1.54, 1.807) is 0 Å². The summed E-state index contributed by atoms with van der Waals surface area (Å²) in [5.41, 5.74) is 5.91. The van der Waals surface area contributed by atoms with E-state index in [1.165, 1.54) is 24.2 Å². The molecular weight excluding hydrogens is 256 g/mol. The number of nitrogens with one attached hydrogen (secondary N) is 1. The minimum atomic E-state index is 0.0747. The van der Waals surface area contributed by atoms with Crippen molar-refractivity contribution in [3.8, 4) is 0 Å². The van der Waals surface area contributed by atoms with Crippen LogP contribution < -0.4 is 11.1 Å². The van der Waals surface area contributed by atoms with Gasteiger partial charge in [0.05, 0.1) is 4.34 Å². The lowest BCUT2D eigenvalue weighted by Gasteiger charge is -2.11. The Hall–Kier alpha value is -0.580. The Labute approximate surface area is 110 Å². The van der Waals surface area contributed by atoms with Crippen LogP contribution in [0.25, 0.3) is 0 Å². The summed E-state index contributed by atoms with van der Waals surface area (Å²) in [6, 6.07) is 3.97. The zero-order valence-electron chi connectivity index (χ0n) is 9.62. The zero-order chi connectivity index (χ0) is 12.3. The van der Waals surface area contributed by atoms with Crippen molar-refractivity contribution in [3.05, 3.63) is 21.3 Å². The second kappa shape index (κ2) is 5.85. The molecule has 3 nitrogen and oxygen atoms in total. The molecule has 1 atom stereocenters. The van der Waals surface area contributed by atoms with E-state index in [0.29, 0.717) is 18.9 Å². The van der Waals surface area contributed by atoms with Gasteiger partial charge in [0, 0.05) is 23.9 Å². The molecule has 1 fully saturated rings. The number of hydrogen-bond donors (Lipinski definition) is 2. The van der Waals surface area contributed by atoms with Gasteiger partial charge in [0.15, 0.2) is 0 Å². The quantitative estimate of drug-likeness (QED) is 0.834. The van der Waals surface area contributed by atoms with Gasteiger partial charge in [-0.2, -0.15) is 0 Å². The second-order valence-electron chi connectivity index (χ2n) is 4.51. The fourth-order valence-electron chi connectivity index (χ4n) is 1.73. The van der Waals surface area contributed by atoms with Crippen LogP contribution in [0.1, 0.15) is 24.1 Å². The standard InChI is InChI=1S/C12H17ClN2OS/c13-11-5-3-9(17-11)4-6-12(16)15-7-10(14)8-1-2-8/h3,5,8,10H,1-2,4,6-7,14H2,(H,15,16). The first-order valence-corrected chi connectivity index (χ1v) is 7.11. The lowest BCUT2D eigenvalue weighted by molar-refractivity contribution is -0.121. The van der Waals surface area contributed by atoms with Gasteiger partial charge in [0.1, 0.15) is 0 Å². The summed E-state index contributed by atoms with van der Waals surface area (Å²) in [6.07, 6.45) is 3.69. The molecule has 1 heterocycles. The molecule has 3 N–H and O–H groups in total. The molecule has 1 saturated carbocycles. The predicted molar refractivity (Wildman–Crippen MR) is 71.4 cm³/mol. The molecule has 1 aromatic rings. The molecule has 0 saturated heterocycles. The van der Waals surface area contributed by atoms with E-state index < -0.39 is 0 Å². The molecule has 0 spiro atoms. The van der Waals surface area contributed by atoms with Crippen molar-refractivity contribution in [2.45, 2.75) is 31.7 Å². The molecule has 1 aliphatic rings. The lowest BCUT2D eigenvalue weighted by atomic mass is 10.2. The number of thiophene rings is 1. The molecule has 2 rings (SSSR count). The third kappa shape index (κ3) is 4.30. The molecule has 1 unspecified atom stereocenters. The van der Waals surface area contributed by atoms with E-state index in [4.69, 9.17) is 17.3 Å². The van der Waals surface area contributed by atoms with Crippen LogP contribution in [-0.4, -0.2) is 18.5 Å². The molecule has 1 amide bonds. The molecule has 5 heteroatoms. The molecule has 1 aliphatic carbocycles. The van der Waals surface area contributed by atoms with E-state index in [0.717, 1.165) is 15.6 Å². The number of nitrogens with two attached hydrogens (primary N) is 1. The average molecular weight is 273 g/mol. The smallest absolute Gasteiger partial charge is 0.220 e. The maximum absolute atomic E-state index is 11.6. The maximum atomic E-state index is 11.6. The Kier molecular flexibility index (Phi) is 4.42. The predicted octanol–water partition coefficient (Wildman–Crippen LogP) is 2.19. The van der Waals surface area contributed by atoms with Crippen LogP contribution in [0.4, 0.5) is 0 Å². The summed E-state index contributed by atoms with van der Waals surface area (Å²) < 4.78 is 0.774. The highest BCUT2D eigenvalue weighted by Gasteiger charge is 2.28. The van der Waals surface area contributed by atoms with Crippen LogP contribution >= 0.6 is 22.9 Å². The zero-order valence-corrected chi connectivity index (χ0v) is 11.2. The van der Waals surface area contributed by atoms with Gasteiger partial charge in [-0.1, -0.05) is 11.6 Å². The van der Waals surface area contributed by atoms with Crippen molar-refractivity contribution in [1.29, 1.82) is 0 Å². The average Bonchev–Trinajstić information content (AvgIpc) is 3.07. The van der Waals surface area contributed by atoms with E-state index >= 15 is 0 Å². The number of carbonyl (C=O) groups excluding carboxylic acids is 1. The SMILES string of the molecule is NC(CNC(=O)CCc1ccc(Cl)s1)C1CC1. The van der Waals surface area contributed by atoms with Crippen molar-refractivity contribution in [2.75, 3.05) is 6.54 Å². The van der Waals surface area contributed by atoms with Gasteiger partial charge in [-0.15, -0.1) is 11.3 Å². The summed E-state index contributed by atoms with van der Waals surface area (Å²) in [5, 5.41) is 2.89. The number of rotatable bonds is 6. The van der Waals surface area contributed by atoms with Crippen molar-refractivity contribution < 1.29 is 4.79 Å². The third-order valence-corrected chi connectivity index (χ3v) is 4.28. The molecular formula is C12H17ClN2OS. The Morgan fingerprint density at radius 3 is 2.94 bits per heavy atom. The lowest BCUT2D eigenvalue weighted by Crippen LogP contribution is -2.38. The molecule has 0 radical (unpaired) electrons. The Bertz CT molecular complexity index is 390. The van der Waals surface area contributed by atoms with Crippen molar-refractivity contribution in [1.82, 2.24) is 5.32 Å². The molecule has 0 aliphatic heterocycles. The molecule has 1 aromatic heterocycles. The van der Waals surface area contributed by atoms with Crippen molar-refractivity contribution >= 4 is 28.8 Å². The van der Waals surface area contributed by atoms with Gasteiger partial charge in [0.2, 0.25) is 5.91 Å². The molecule has 0 bridgehead atoms. The summed E-state index contributed by atoms with van der Waals surface area (Å²) in [4.78, 5) is 12.7. The third-order valence-electron chi connectivity index (χ3n) is 2.99. The minimum absolute atomic E-state index is 0.0747. The van der Waals surface area contributed by atoms with Gasteiger partial charge in [0.25, 0.3) is 0 Å². The summed E-state index contributed by atoms with van der Waals surface area (Å²) in [5.74, 6) is 0.706. The van der Waals surface area contributed by atoms with E-state index in [1.807, 2.05) is 12.1 Å². The number of halogens is 1. The number of hydrogen-bond acceptors (Lipinski definition) is 3. The fraction of sp³-hybridized carbons (Fsp3) is 0.583. The Balaban J connectivity index is 1.63. The summed E-state index contributed by atoms with van der Waals surface area (Å²) >= 11 is 7.35. The van der Waals surface area contributed by atoms with E-state index in [2.05, 4.69) is 5.32 Å². The normalized spacial score (nSPS) is 16.8. The Morgan fingerprint density at radius 2 is 2.35 bits per heavy atom. The monoisotopic (exact) mass is 272 g/mol. The molecule has 0 aromatic carbocycles. The van der Waals surface area contributed by atoms with Gasteiger partial charge >= 0.3 is 0 Å². The van der Waals surface area contributed by atoms with Crippen molar-refractivity contribution in [2.24, 2.45) is 11.7 Å². The number of amides is 1. The number of aryl methyl sites for hydroxylation is 1.